The molecule has 0 fully saturated rings. The van der Waals surface area contributed by atoms with Gasteiger partial charge in [-0.3, -0.25) is 4.79 Å². The molecule has 5 nitrogen and oxygen atoms in total. The fourth-order valence-corrected chi connectivity index (χ4v) is 3.02. The van der Waals surface area contributed by atoms with Gasteiger partial charge in [-0.25, -0.2) is 0 Å². The number of aryl methyl sites for hydroxylation is 1. The maximum Gasteiger partial charge on any atom is 0.418 e. The average Bonchev–Trinajstić information content (AvgIpc) is 2.99. The number of amides is 1. The third kappa shape index (κ3) is 2.76. The van der Waals surface area contributed by atoms with E-state index in [1.54, 1.807) is 13.0 Å². The van der Waals surface area contributed by atoms with Crippen LogP contribution in [0.5, 0.6) is 0 Å². The second-order valence-electron chi connectivity index (χ2n) is 6.45. The molecule has 1 amide bonds. The van der Waals surface area contributed by atoms with E-state index < -0.39 is 23.1 Å². The molecule has 0 saturated carbocycles. The molecular weight excluding hydrogens is 323 g/mol. The minimum absolute atomic E-state index is 0.0729. The quantitative estimate of drug-likeness (QED) is 0.843. The van der Waals surface area contributed by atoms with Crippen LogP contribution in [0, 0.1) is 6.92 Å². The summed E-state index contributed by atoms with van der Waals surface area (Å²) in [5.74, 6) is -0.105. The van der Waals surface area contributed by atoms with Gasteiger partial charge in [0.2, 0.25) is 17.7 Å². The number of fused-ring (bicyclic) bond motifs is 1. The SMILES string of the molecule is Cc1nnc(CC(=O)N2CC(C)(C)c3cccc(C(F)(F)F)c32)o1. The number of nitrogens with zero attached hydrogens (tertiary/aromatic N) is 3. The molecule has 8 heteroatoms. The lowest BCUT2D eigenvalue weighted by Gasteiger charge is -2.21. The predicted molar refractivity (Wildman–Crippen MR) is 79.6 cm³/mol. The van der Waals surface area contributed by atoms with Gasteiger partial charge >= 0.3 is 6.18 Å². The first-order valence-corrected chi connectivity index (χ1v) is 7.39. The first-order chi connectivity index (χ1) is 11.1. The Morgan fingerprint density at radius 2 is 2.04 bits per heavy atom. The van der Waals surface area contributed by atoms with Gasteiger partial charge in [-0.15, -0.1) is 10.2 Å². The van der Waals surface area contributed by atoms with Crippen molar-refractivity contribution in [3.63, 3.8) is 0 Å². The van der Waals surface area contributed by atoms with E-state index in [0.29, 0.717) is 11.5 Å². The van der Waals surface area contributed by atoms with Gasteiger partial charge in [0.15, 0.2) is 0 Å². The minimum Gasteiger partial charge on any atom is -0.425 e. The molecule has 1 aromatic carbocycles. The molecule has 128 valence electrons. The Labute approximate surface area is 136 Å². The van der Waals surface area contributed by atoms with Crippen LogP contribution in [-0.4, -0.2) is 22.6 Å². The van der Waals surface area contributed by atoms with Gasteiger partial charge in [0.25, 0.3) is 0 Å². The van der Waals surface area contributed by atoms with E-state index in [0.717, 1.165) is 6.07 Å². The Morgan fingerprint density at radius 3 is 2.62 bits per heavy atom. The van der Waals surface area contributed by atoms with Crippen LogP contribution in [0.2, 0.25) is 0 Å². The number of para-hydroxylation sites is 1. The number of anilines is 1. The van der Waals surface area contributed by atoms with Gasteiger partial charge < -0.3 is 9.32 Å². The molecule has 24 heavy (non-hydrogen) atoms. The number of carbonyl (C=O) groups excluding carboxylic acids is 1. The van der Waals surface area contributed by atoms with Gasteiger partial charge in [-0.2, -0.15) is 13.2 Å². The summed E-state index contributed by atoms with van der Waals surface area (Å²) in [5.41, 5.74) is -0.943. The fourth-order valence-electron chi connectivity index (χ4n) is 3.02. The van der Waals surface area contributed by atoms with Crippen molar-refractivity contribution in [2.45, 2.75) is 38.8 Å². The Kier molecular flexibility index (Phi) is 3.65. The second-order valence-corrected chi connectivity index (χ2v) is 6.45. The highest BCUT2D eigenvalue weighted by molar-refractivity contribution is 5.98. The summed E-state index contributed by atoms with van der Waals surface area (Å²) in [6.07, 6.45) is -4.77. The highest BCUT2D eigenvalue weighted by Crippen LogP contribution is 2.47. The van der Waals surface area contributed by atoms with E-state index in [2.05, 4.69) is 10.2 Å². The van der Waals surface area contributed by atoms with Crippen molar-refractivity contribution in [2.75, 3.05) is 11.4 Å². The van der Waals surface area contributed by atoms with Crippen molar-refractivity contribution in [2.24, 2.45) is 0 Å². The maximum atomic E-state index is 13.4. The number of hydrogen-bond acceptors (Lipinski definition) is 4. The molecule has 0 saturated heterocycles. The van der Waals surface area contributed by atoms with Crippen molar-refractivity contribution >= 4 is 11.6 Å². The third-order valence-corrected chi connectivity index (χ3v) is 4.07. The zero-order valence-corrected chi connectivity index (χ0v) is 13.4. The van der Waals surface area contributed by atoms with E-state index in [1.165, 1.54) is 11.0 Å². The normalized spacial score (nSPS) is 16.3. The van der Waals surface area contributed by atoms with Gasteiger partial charge in [0, 0.05) is 18.9 Å². The van der Waals surface area contributed by atoms with Gasteiger partial charge in [-0.1, -0.05) is 26.0 Å². The molecule has 0 aliphatic carbocycles. The van der Waals surface area contributed by atoms with E-state index in [9.17, 15) is 18.0 Å². The number of benzene rings is 1. The topological polar surface area (TPSA) is 59.2 Å². The Hall–Kier alpha value is -2.38. The highest BCUT2D eigenvalue weighted by atomic mass is 19.4. The molecule has 0 N–H and O–H groups in total. The Bertz CT molecular complexity index is 796. The van der Waals surface area contributed by atoms with E-state index in [-0.39, 0.29) is 24.5 Å². The van der Waals surface area contributed by atoms with Crippen LogP contribution in [0.25, 0.3) is 0 Å². The molecule has 0 radical (unpaired) electrons. The van der Waals surface area contributed by atoms with Gasteiger partial charge in [0.05, 0.1) is 11.3 Å². The number of halogens is 3. The summed E-state index contributed by atoms with van der Waals surface area (Å²) in [7, 11) is 0. The monoisotopic (exact) mass is 339 g/mol. The average molecular weight is 339 g/mol. The van der Waals surface area contributed by atoms with Crippen LogP contribution < -0.4 is 4.90 Å². The van der Waals surface area contributed by atoms with Gasteiger partial charge in [0.1, 0.15) is 6.42 Å². The molecular formula is C16H16F3N3O2. The first-order valence-electron chi connectivity index (χ1n) is 7.39. The Balaban J connectivity index is 2.02. The molecule has 3 rings (SSSR count). The fraction of sp³-hybridized carbons (Fsp3) is 0.438. The molecule has 1 aliphatic rings. The van der Waals surface area contributed by atoms with Crippen LogP contribution in [0.4, 0.5) is 18.9 Å². The van der Waals surface area contributed by atoms with Crippen LogP contribution in [-0.2, 0) is 22.8 Å². The third-order valence-electron chi connectivity index (χ3n) is 4.07. The molecule has 0 bridgehead atoms. The zero-order chi connectivity index (χ0) is 17.7. The number of rotatable bonds is 2. The lowest BCUT2D eigenvalue weighted by Crippen LogP contribution is -2.35. The zero-order valence-electron chi connectivity index (χ0n) is 13.4. The first kappa shape index (κ1) is 16.5. The van der Waals surface area contributed by atoms with Crippen LogP contribution >= 0.6 is 0 Å². The molecule has 0 spiro atoms. The largest absolute Gasteiger partial charge is 0.425 e. The number of alkyl halides is 3. The molecule has 1 aromatic heterocycles. The van der Waals surface area contributed by atoms with E-state index in [1.807, 2.05) is 13.8 Å². The van der Waals surface area contributed by atoms with E-state index in [4.69, 9.17) is 4.42 Å². The molecule has 0 unspecified atom stereocenters. The molecule has 0 atom stereocenters. The number of hydrogen-bond donors (Lipinski definition) is 0. The number of aromatic nitrogens is 2. The van der Waals surface area contributed by atoms with Crippen LogP contribution in [0.3, 0.4) is 0 Å². The summed E-state index contributed by atoms with van der Waals surface area (Å²) >= 11 is 0. The summed E-state index contributed by atoms with van der Waals surface area (Å²) < 4.78 is 45.3. The predicted octanol–water partition coefficient (Wildman–Crippen LogP) is 3.26. The number of carbonyl (C=O) groups is 1. The lowest BCUT2D eigenvalue weighted by molar-refractivity contribution is -0.137. The van der Waals surface area contributed by atoms with Crippen molar-refractivity contribution < 1.29 is 22.4 Å². The van der Waals surface area contributed by atoms with Crippen LogP contribution in [0.15, 0.2) is 22.6 Å². The molecule has 2 aromatic rings. The lowest BCUT2D eigenvalue weighted by atomic mass is 9.86. The smallest absolute Gasteiger partial charge is 0.418 e. The minimum atomic E-state index is -4.54. The maximum absolute atomic E-state index is 13.4. The van der Waals surface area contributed by atoms with Crippen LogP contribution in [0.1, 0.15) is 36.8 Å². The summed E-state index contributed by atoms with van der Waals surface area (Å²) in [4.78, 5) is 13.8. The van der Waals surface area contributed by atoms with Crippen molar-refractivity contribution in [3.8, 4) is 0 Å². The molecule has 1 aliphatic heterocycles. The Morgan fingerprint density at radius 1 is 1.33 bits per heavy atom. The summed E-state index contributed by atoms with van der Waals surface area (Å²) in [6.45, 7) is 5.38. The van der Waals surface area contributed by atoms with Crippen molar-refractivity contribution in [1.29, 1.82) is 0 Å². The summed E-state index contributed by atoms with van der Waals surface area (Å²) in [6, 6.07) is 4.00. The molecule has 2 heterocycles. The standard InChI is InChI=1S/C16H16F3N3O2/c1-9-20-21-12(24-9)7-13(23)22-8-15(2,3)10-5-4-6-11(14(10)22)16(17,18)19/h4-6H,7-8H2,1-3H3. The second kappa shape index (κ2) is 5.32. The summed E-state index contributed by atoms with van der Waals surface area (Å²) in [5, 5.41) is 7.36. The van der Waals surface area contributed by atoms with E-state index >= 15 is 0 Å². The van der Waals surface area contributed by atoms with Gasteiger partial charge in [-0.05, 0) is 11.6 Å². The van der Waals surface area contributed by atoms with Crippen molar-refractivity contribution in [3.05, 3.63) is 41.1 Å². The highest BCUT2D eigenvalue weighted by Gasteiger charge is 2.45. The van der Waals surface area contributed by atoms with Crippen molar-refractivity contribution in [1.82, 2.24) is 10.2 Å².